The predicted octanol–water partition coefficient (Wildman–Crippen LogP) is 12.6. The zero-order valence-electron chi connectivity index (χ0n) is 43.0. The van der Waals surface area contributed by atoms with E-state index in [9.17, 15) is 6.85 Å². The van der Waals surface area contributed by atoms with Crippen molar-refractivity contribution in [1.82, 2.24) is 0 Å². The molecule has 0 unspecified atom stereocenters. The van der Waals surface area contributed by atoms with E-state index in [1.807, 2.05) is 0 Å². The Morgan fingerprint density at radius 3 is 1.56 bits per heavy atom. The maximum Gasteiger partial charge on any atom is 0.143 e. The second-order valence-corrected chi connectivity index (χ2v) is 10.1. The van der Waals surface area contributed by atoms with E-state index >= 15 is 0 Å². The number of hydrogen-bond donors (Lipinski definition) is 0. The lowest BCUT2D eigenvalue weighted by atomic mass is 9.85. The van der Waals surface area contributed by atoms with E-state index in [-0.39, 0.29) is 38.6 Å². The maximum atomic E-state index is 9.69. The number of fused-ring (bicyclic) bond motifs is 5. The van der Waals surface area contributed by atoms with Gasteiger partial charge in [-0.15, -0.1) is 0 Å². The van der Waals surface area contributed by atoms with Crippen molar-refractivity contribution < 1.29 is 31.8 Å². The van der Waals surface area contributed by atoms with Gasteiger partial charge >= 0.3 is 0 Å². The fourth-order valence-corrected chi connectivity index (χ4v) is 5.73. The summed E-state index contributed by atoms with van der Waals surface area (Å²) in [5, 5.41) is 0.689. The molecule has 0 saturated heterocycles. The summed E-state index contributed by atoms with van der Waals surface area (Å²) in [6.07, 6.45) is 0. The molecule has 9 rings (SSSR count). The summed E-state index contributed by atoms with van der Waals surface area (Å²) < 4.78 is 182. The number of benzene rings is 8. The Kier molecular flexibility index (Phi) is 2.90. The van der Waals surface area contributed by atoms with Gasteiger partial charge in [-0.25, -0.2) is 0 Å². The Bertz CT molecular complexity index is 3550. The van der Waals surface area contributed by atoms with Crippen LogP contribution in [0.25, 0.3) is 88.0 Å². The molecule has 9 aromatic rings. The largest absolute Gasteiger partial charge is 0.455 e. The van der Waals surface area contributed by atoms with E-state index in [4.69, 9.17) is 25.0 Å². The van der Waals surface area contributed by atoms with Gasteiger partial charge in [0.25, 0.3) is 0 Å². The molecule has 0 radical (unpaired) electrons. The van der Waals surface area contributed by atoms with Crippen LogP contribution in [0, 0.1) is 0 Å². The zero-order chi connectivity index (χ0) is 47.1. The van der Waals surface area contributed by atoms with Crippen LogP contribution in [-0.2, 0) is 0 Å². The van der Waals surface area contributed by atoms with Gasteiger partial charge in [0, 0.05) is 16.3 Å². The Morgan fingerprint density at radius 1 is 0.378 bits per heavy atom. The molecule has 1 heterocycles. The highest BCUT2D eigenvalue weighted by Gasteiger charge is 2.19. The van der Waals surface area contributed by atoms with Gasteiger partial charge in [0.05, 0.1) is 27.4 Å². The molecule has 0 spiro atoms. The van der Waals surface area contributed by atoms with Crippen molar-refractivity contribution in [3.8, 4) is 44.5 Å². The molecular weight excluding hydrogens is 544 g/mol. The van der Waals surface area contributed by atoms with Gasteiger partial charge in [-0.1, -0.05) is 151 Å². The normalized spacial score (nSPS) is 17.8. The molecule has 0 atom stereocenters. The van der Waals surface area contributed by atoms with Crippen LogP contribution >= 0.6 is 0 Å². The van der Waals surface area contributed by atoms with E-state index in [1.165, 1.54) is 0 Å². The van der Waals surface area contributed by atoms with Crippen molar-refractivity contribution in [2.75, 3.05) is 0 Å². The van der Waals surface area contributed by atoms with E-state index in [2.05, 4.69) is 0 Å². The molecule has 0 fully saturated rings. The molecule has 0 aliphatic rings. The van der Waals surface area contributed by atoms with Crippen molar-refractivity contribution in [3.05, 3.63) is 169 Å². The molecule has 0 N–H and O–H groups in total. The highest BCUT2D eigenvalue weighted by molar-refractivity contribution is 6.22. The highest BCUT2D eigenvalue weighted by Crippen LogP contribution is 2.45. The monoisotopic (exact) mass is 592 g/mol. The van der Waals surface area contributed by atoms with E-state index < -0.39 is 149 Å². The zero-order valence-corrected chi connectivity index (χ0v) is 23.0. The third kappa shape index (κ3) is 4.17. The smallest absolute Gasteiger partial charge is 0.143 e. The topological polar surface area (TPSA) is 13.1 Å². The summed E-state index contributed by atoms with van der Waals surface area (Å²) in [7, 11) is 0. The summed E-state index contributed by atoms with van der Waals surface area (Å²) in [6, 6.07) is -0.230. The van der Waals surface area contributed by atoms with Gasteiger partial charge in [-0.05, 0) is 78.6 Å². The molecule has 0 aliphatic carbocycles. The summed E-state index contributed by atoms with van der Waals surface area (Å²) in [5.74, 6) is 0. The molecule has 45 heavy (non-hydrogen) atoms. The number of hydrogen-bond acceptors (Lipinski definition) is 1. The lowest BCUT2D eigenvalue weighted by Gasteiger charge is -2.18. The number of rotatable bonds is 4. The molecular formula is C44H28O. The highest BCUT2D eigenvalue weighted by atomic mass is 16.3. The van der Waals surface area contributed by atoms with Gasteiger partial charge < -0.3 is 4.42 Å². The molecule has 1 heteroatoms. The van der Waals surface area contributed by atoms with Crippen LogP contribution in [0.3, 0.4) is 0 Å². The minimum atomic E-state index is -0.735. The van der Waals surface area contributed by atoms with Gasteiger partial charge in [-0.2, -0.15) is 0 Å². The van der Waals surface area contributed by atoms with Crippen molar-refractivity contribution >= 4 is 43.5 Å². The Hall–Kier alpha value is -5.92. The second kappa shape index (κ2) is 10.4. The fraction of sp³-hybridized carbons (Fsp3) is 0. The quantitative estimate of drug-likeness (QED) is 0.185. The minimum Gasteiger partial charge on any atom is -0.455 e. The van der Waals surface area contributed by atoms with E-state index in [1.54, 1.807) is 48.5 Å². The van der Waals surface area contributed by atoms with E-state index in [0.29, 0.717) is 21.5 Å². The molecule has 210 valence electrons. The third-order valence-electron chi connectivity index (χ3n) is 7.62. The van der Waals surface area contributed by atoms with Crippen LogP contribution in [0.1, 0.15) is 27.4 Å². The van der Waals surface area contributed by atoms with E-state index in [0.717, 1.165) is 0 Å². The fourth-order valence-electron chi connectivity index (χ4n) is 5.73. The Labute approximate surface area is 289 Å². The Morgan fingerprint density at radius 2 is 0.911 bits per heavy atom. The first-order valence-electron chi connectivity index (χ1n) is 23.8. The van der Waals surface area contributed by atoms with Crippen LogP contribution in [0.15, 0.2) is 174 Å². The first-order valence-corrected chi connectivity index (χ1v) is 13.8. The number of para-hydroxylation sites is 1. The number of furan rings is 1. The average Bonchev–Trinajstić information content (AvgIpc) is 3.70. The van der Waals surface area contributed by atoms with Crippen molar-refractivity contribution in [3.63, 3.8) is 0 Å². The molecule has 1 aromatic heterocycles. The summed E-state index contributed by atoms with van der Waals surface area (Å²) >= 11 is 0. The average molecular weight is 593 g/mol. The van der Waals surface area contributed by atoms with Crippen LogP contribution in [0.5, 0.6) is 0 Å². The third-order valence-corrected chi connectivity index (χ3v) is 7.62. The maximum absolute atomic E-state index is 9.69. The van der Waals surface area contributed by atoms with Crippen LogP contribution in [-0.4, -0.2) is 0 Å². The van der Waals surface area contributed by atoms with Crippen LogP contribution in [0.2, 0.25) is 0 Å². The SMILES string of the molecule is [2H]c1c([2H])c([2H])c(-c2c([2H])c([2H])c([2H])c(-c3c4ccccc4c(-c4c([2H])c([2H])c5c(oc6c(-c7c([2H])c([2H])c([2H])c([2H])c7[2H])c([2H])c([2H])c([2H])c65)c4[2H])c4ccccc34)c2[2H])c([2H])c1[2H]. The summed E-state index contributed by atoms with van der Waals surface area (Å²) in [4.78, 5) is 0. The van der Waals surface area contributed by atoms with Crippen molar-refractivity contribution in [1.29, 1.82) is 0 Å². The van der Waals surface area contributed by atoms with Gasteiger partial charge in [0.2, 0.25) is 0 Å². The van der Waals surface area contributed by atoms with Crippen LogP contribution in [0.4, 0.5) is 0 Å². The lowest BCUT2D eigenvalue weighted by Crippen LogP contribution is -1.91. The lowest BCUT2D eigenvalue weighted by molar-refractivity contribution is 0.670. The molecule has 0 aliphatic heterocycles. The molecule has 0 bridgehead atoms. The minimum absolute atomic E-state index is 0.159. The summed E-state index contributed by atoms with van der Waals surface area (Å²) in [6.45, 7) is 0. The van der Waals surface area contributed by atoms with Crippen LogP contribution < -0.4 is 0 Å². The first-order chi connectivity index (χ1) is 30.7. The predicted molar refractivity (Wildman–Crippen MR) is 190 cm³/mol. The van der Waals surface area contributed by atoms with Gasteiger partial charge in [-0.3, -0.25) is 0 Å². The standard InChI is InChI=1S/C44H28O/c1-3-13-29(14-4-1)31-17-11-18-32(27-31)42-36-19-7-9-21-38(36)43(39-22-10-8-20-37(39)42)33-25-26-35-40-24-12-23-34(30-15-5-2-6-16-30)44(40)45-41(35)28-33/h1-28H/i1D,2D,3D,4D,5D,6D,11D,12D,13D,14D,15D,16D,17D,18D,23D,24D,25D,26D,27D,28D. The van der Waals surface area contributed by atoms with Gasteiger partial charge in [0.15, 0.2) is 0 Å². The van der Waals surface area contributed by atoms with Crippen molar-refractivity contribution in [2.45, 2.75) is 0 Å². The second-order valence-electron chi connectivity index (χ2n) is 10.1. The Balaban J connectivity index is 1.42. The van der Waals surface area contributed by atoms with Crippen molar-refractivity contribution in [2.24, 2.45) is 0 Å². The molecule has 8 aromatic carbocycles. The molecule has 0 saturated carbocycles. The molecule has 0 amide bonds. The summed E-state index contributed by atoms with van der Waals surface area (Å²) in [5.41, 5.74) is -2.64. The first kappa shape index (κ1) is 12.6. The van der Waals surface area contributed by atoms with Gasteiger partial charge in [0.1, 0.15) is 11.2 Å². The molecule has 1 nitrogen and oxygen atoms in total.